The molecule has 0 unspecified atom stereocenters. The van der Waals surface area contributed by atoms with Crippen LogP contribution in [0.2, 0.25) is 0 Å². The van der Waals surface area contributed by atoms with Gasteiger partial charge in [0.05, 0.1) is 30.3 Å². The van der Waals surface area contributed by atoms with E-state index in [1.807, 2.05) is 39.8 Å². The number of rotatable bonds is 3. The van der Waals surface area contributed by atoms with Crippen molar-refractivity contribution in [2.75, 3.05) is 41.8 Å². The Hall–Kier alpha value is -2.67. The first kappa shape index (κ1) is 18.1. The molecule has 1 fully saturated rings. The summed E-state index contributed by atoms with van der Waals surface area (Å²) in [5.41, 5.74) is 5.10. The van der Waals surface area contributed by atoms with E-state index in [0.717, 1.165) is 41.3 Å². The van der Waals surface area contributed by atoms with Gasteiger partial charge in [-0.05, 0) is 51.0 Å². The number of carbonyl (C=O) groups excluding carboxylic acids is 1. The van der Waals surface area contributed by atoms with Gasteiger partial charge >= 0.3 is 6.03 Å². The number of amides is 2. The molecule has 7 nitrogen and oxygen atoms in total. The average molecular weight is 355 g/mol. The summed E-state index contributed by atoms with van der Waals surface area (Å²) in [4.78, 5) is 23.6. The lowest BCUT2D eigenvalue weighted by Crippen LogP contribution is -2.37. The Morgan fingerprint density at radius 2 is 1.54 bits per heavy atom. The summed E-state index contributed by atoms with van der Waals surface area (Å²) in [6.45, 7) is 10.7. The van der Waals surface area contributed by atoms with Gasteiger partial charge in [-0.3, -0.25) is 0 Å². The zero-order chi connectivity index (χ0) is 18.7. The van der Waals surface area contributed by atoms with E-state index in [1.54, 1.807) is 0 Å². The average Bonchev–Trinajstić information content (AvgIpc) is 2.58. The lowest BCUT2D eigenvalue weighted by molar-refractivity contribution is 0.122. The third-order valence-electron chi connectivity index (χ3n) is 4.27. The molecule has 3 rings (SSSR count). The van der Waals surface area contributed by atoms with Gasteiger partial charge in [0, 0.05) is 18.8 Å². The van der Waals surface area contributed by atoms with Crippen LogP contribution in [0.5, 0.6) is 0 Å². The van der Waals surface area contributed by atoms with E-state index >= 15 is 0 Å². The first-order chi connectivity index (χ1) is 12.4. The minimum atomic E-state index is -0.302. The summed E-state index contributed by atoms with van der Waals surface area (Å²) >= 11 is 0. The fourth-order valence-electron chi connectivity index (χ4n) is 3.11. The summed E-state index contributed by atoms with van der Waals surface area (Å²) in [7, 11) is 0. The van der Waals surface area contributed by atoms with Crippen molar-refractivity contribution in [3.8, 4) is 0 Å². The van der Waals surface area contributed by atoms with Gasteiger partial charge in [0.15, 0.2) is 0 Å². The predicted octanol–water partition coefficient (Wildman–Crippen LogP) is 3.19. The number of carbonyl (C=O) groups is 1. The molecule has 0 radical (unpaired) electrons. The Morgan fingerprint density at radius 1 is 0.962 bits per heavy atom. The van der Waals surface area contributed by atoms with Crippen molar-refractivity contribution in [2.24, 2.45) is 0 Å². The number of hydrogen-bond acceptors (Lipinski definition) is 5. The summed E-state index contributed by atoms with van der Waals surface area (Å²) in [6, 6.07) is 5.63. The standard InChI is InChI=1S/C19H25N5O2/c1-12-9-13(2)11-16(10-12)22-19(25)23-17-14(3)20-18(21-15(17)4)24-5-7-26-8-6-24/h9-11H,5-8H2,1-4H3,(H2,22,23,25). The second-order valence-corrected chi connectivity index (χ2v) is 6.62. The highest BCUT2D eigenvalue weighted by Crippen LogP contribution is 2.22. The van der Waals surface area contributed by atoms with Crippen molar-refractivity contribution in [3.63, 3.8) is 0 Å². The van der Waals surface area contributed by atoms with Crippen LogP contribution in [0.15, 0.2) is 18.2 Å². The van der Waals surface area contributed by atoms with E-state index in [9.17, 15) is 4.79 Å². The topological polar surface area (TPSA) is 79.4 Å². The molecule has 2 N–H and O–H groups in total. The van der Waals surface area contributed by atoms with Crippen molar-refractivity contribution in [1.29, 1.82) is 0 Å². The van der Waals surface area contributed by atoms with E-state index in [1.165, 1.54) is 0 Å². The van der Waals surface area contributed by atoms with Crippen LogP contribution in [0.3, 0.4) is 0 Å². The molecule has 2 heterocycles. The lowest BCUT2D eigenvalue weighted by atomic mass is 10.1. The normalized spacial score (nSPS) is 14.2. The van der Waals surface area contributed by atoms with Crippen LogP contribution in [0.1, 0.15) is 22.5 Å². The Balaban J connectivity index is 1.73. The predicted molar refractivity (Wildman–Crippen MR) is 103 cm³/mol. The van der Waals surface area contributed by atoms with Crippen molar-refractivity contribution >= 4 is 23.4 Å². The van der Waals surface area contributed by atoms with Gasteiger partial charge in [0.25, 0.3) is 0 Å². The van der Waals surface area contributed by atoms with Crippen LogP contribution >= 0.6 is 0 Å². The first-order valence-corrected chi connectivity index (χ1v) is 8.76. The lowest BCUT2D eigenvalue weighted by Gasteiger charge is -2.27. The number of nitrogens with zero attached hydrogens (tertiary/aromatic N) is 3. The van der Waals surface area contributed by atoms with Gasteiger partial charge in [-0.25, -0.2) is 14.8 Å². The molecule has 1 aliphatic heterocycles. The van der Waals surface area contributed by atoms with E-state index < -0.39 is 0 Å². The molecular formula is C19H25N5O2. The number of hydrogen-bond donors (Lipinski definition) is 2. The number of urea groups is 1. The van der Waals surface area contributed by atoms with Crippen molar-refractivity contribution in [1.82, 2.24) is 9.97 Å². The SMILES string of the molecule is Cc1cc(C)cc(NC(=O)Nc2c(C)nc(N3CCOCC3)nc2C)c1. The molecule has 26 heavy (non-hydrogen) atoms. The molecule has 0 atom stereocenters. The fourth-order valence-corrected chi connectivity index (χ4v) is 3.11. The van der Waals surface area contributed by atoms with Crippen molar-refractivity contribution < 1.29 is 9.53 Å². The van der Waals surface area contributed by atoms with Crippen LogP contribution in [-0.2, 0) is 4.74 Å². The van der Waals surface area contributed by atoms with Gasteiger partial charge in [-0.2, -0.15) is 0 Å². The summed E-state index contributed by atoms with van der Waals surface area (Å²) in [6.07, 6.45) is 0. The second kappa shape index (κ2) is 7.70. The summed E-state index contributed by atoms with van der Waals surface area (Å²) < 4.78 is 5.37. The number of morpholine rings is 1. The van der Waals surface area contributed by atoms with Gasteiger partial charge in [-0.1, -0.05) is 6.07 Å². The maximum absolute atomic E-state index is 12.4. The maximum Gasteiger partial charge on any atom is 0.323 e. The highest BCUT2D eigenvalue weighted by molar-refractivity contribution is 6.00. The third-order valence-corrected chi connectivity index (χ3v) is 4.27. The van der Waals surface area contributed by atoms with Gasteiger partial charge < -0.3 is 20.3 Å². The Labute approximate surface area is 153 Å². The molecule has 138 valence electrons. The Bertz CT molecular complexity index is 772. The zero-order valence-electron chi connectivity index (χ0n) is 15.7. The molecule has 0 aliphatic carbocycles. The smallest absolute Gasteiger partial charge is 0.323 e. The molecule has 0 bridgehead atoms. The van der Waals surface area contributed by atoms with Crippen LogP contribution in [-0.4, -0.2) is 42.3 Å². The highest BCUT2D eigenvalue weighted by atomic mass is 16.5. The highest BCUT2D eigenvalue weighted by Gasteiger charge is 2.17. The second-order valence-electron chi connectivity index (χ2n) is 6.62. The Kier molecular flexibility index (Phi) is 5.37. The molecule has 1 aromatic carbocycles. The molecular weight excluding hydrogens is 330 g/mol. The fraction of sp³-hybridized carbons (Fsp3) is 0.421. The Morgan fingerprint density at radius 3 is 2.12 bits per heavy atom. The third kappa shape index (κ3) is 4.29. The minimum Gasteiger partial charge on any atom is -0.378 e. The molecule has 0 spiro atoms. The van der Waals surface area contributed by atoms with Crippen molar-refractivity contribution in [2.45, 2.75) is 27.7 Å². The molecule has 2 aromatic rings. The molecule has 2 amide bonds. The van der Waals surface area contributed by atoms with Gasteiger partial charge in [0.2, 0.25) is 5.95 Å². The molecule has 7 heteroatoms. The number of aryl methyl sites for hydroxylation is 4. The van der Waals surface area contributed by atoms with Crippen LogP contribution in [0, 0.1) is 27.7 Å². The number of aromatic nitrogens is 2. The van der Waals surface area contributed by atoms with Crippen LogP contribution in [0.25, 0.3) is 0 Å². The molecule has 1 aliphatic rings. The molecule has 1 aromatic heterocycles. The van der Waals surface area contributed by atoms with E-state index in [0.29, 0.717) is 24.8 Å². The van der Waals surface area contributed by atoms with Gasteiger partial charge in [-0.15, -0.1) is 0 Å². The number of ether oxygens (including phenoxy) is 1. The molecule has 1 saturated heterocycles. The van der Waals surface area contributed by atoms with E-state index in [-0.39, 0.29) is 6.03 Å². The van der Waals surface area contributed by atoms with Crippen LogP contribution in [0.4, 0.5) is 22.1 Å². The molecule has 0 saturated carbocycles. The minimum absolute atomic E-state index is 0.302. The zero-order valence-corrected chi connectivity index (χ0v) is 15.7. The largest absolute Gasteiger partial charge is 0.378 e. The number of nitrogens with one attached hydrogen (secondary N) is 2. The monoisotopic (exact) mass is 355 g/mol. The summed E-state index contributed by atoms with van der Waals surface area (Å²) in [5, 5.41) is 5.75. The quantitative estimate of drug-likeness (QED) is 0.884. The van der Waals surface area contributed by atoms with Crippen LogP contribution < -0.4 is 15.5 Å². The maximum atomic E-state index is 12.4. The first-order valence-electron chi connectivity index (χ1n) is 8.76. The number of benzene rings is 1. The summed E-state index contributed by atoms with van der Waals surface area (Å²) in [5.74, 6) is 0.684. The van der Waals surface area contributed by atoms with Gasteiger partial charge in [0.1, 0.15) is 0 Å². The van der Waals surface area contributed by atoms with E-state index in [4.69, 9.17) is 4.74 Å². The van der Waals surface area contributed by atoms with Crippen molar-refractivity contribution in [3.05, 3.63) is 40.7 Å². The van der Waals surface area contributed by atoms with E-state index in [2.05, 4.69) is 31.6 Å². The number of anilines is 3.